The van der Waals surface area contributed by atoms with Crippen LogP contribution in [0.1, 0.15) is 0 Å². The lowest BCUT2D eigenvalue weighted by Gasteiger charge is -2.17. The van der Waals surface area contributed by atoms with E-state index in [1.807, 2.05) is 18.2 Å². The van der Waals surface area contributed by atoms with E-state index in [0.717, 1.165) is 16.7 Å². The largest absolute Gasteiger partial charge is 0.397 e. The number of aromatic nitrogens is 3. The zero-order valence-corrected chi connectivity index (χ0v) is 16.0. The highest BCUT2D eigenvalue weighted by molar-refractivity contribution is 5.96. The van der Waals surface area contributed by atoms with Crippen molar-refractivity contribution in [2.75, 3.05) is 34.4 Å². The molecule has 9 nitrogen and oxygen atoms in total. The molecule has 30 heavy (non-hydrogen) atoms. The molecule has 0 atom stereocenters. The Labute approximate surface area is 172 Å². The van der Waals surface area contributed by atoms with Gasteiger partial charge < -0.3 is 34.4 Å². The van der Waals surface area contributed by atoms with Crippen LogP contribution in [-0.2, 0) is 0 Å². The van der Waals surface area contributed by atoms with E-state index in [1.165, 1.54) is 0 Å². The second-order valence-corrected chi connectivity index (χ2v) is 6.88. The molecular formula is C21H21N9. The van der Waals surface area contributed by atoms with Crippen LogP contribution >= 0.6 is 0 Å². The van der Waals surface area contributed by atoms with E-state index < -0.39 is 0 Å². The monoisotopic (exact) mass is 399 g/mol. The predicted molar refractivity (Wildman–Crippen MR) is 123 cm³/mol. The summed E-state index contributed by atoms with van der Waals surface area (Å²) in [6.45, 7) is 0. The Morgan fingerprint density at radius 1 is 0.367 bits per heavy atom. The number of nitrogens with zero attached hydrogens (tertiary/aromatic N) is 3. The minimum absolute atomic E-state index is 0.435. The van der Waals surface area contributed by atoms with Crippen molar-refractivity contribution in [3.63, 3.8) is 0 Å². The van der Waals surface area contributed by atoms with Crippen molar-refractivity contribution in [3.05, 3.63) is 55.4 Å². The van der Waals surface area contributed by atoms with E-state index in [-0.39, 0.29) is 0 Å². The lowest BCUT2D eigenvalue weighted by atomic mass is 9.91. The van der Waals surface area contributed by atoms with Gasteiger partial charge in [0.05, 0.1) is 71.3 Å². The van der Waals surface area contributed by atoms with Gasteiger partial charge in [0.1, 0.15) is 0 Å². The number of hydrogen-bond acceptors (Lipinski definition) is 9. The number of anilines is 6. The van der Waals surface area contributed by atoms with Crippen LogP contribution in [0.2, 0.25) is 0 Å². The fourth-order valence-electron chi connectivity index (χ4n) is 3.54. The van der Waals surface area contributed by atoms with Gasteiger partial charge in [0.15, 0.2) is 0 Å². The van der Waals surface area contributed by atoms with Crippen molar-refractivity contribution >= 4 is 34.1 Å². The smallest absolute Gasteiger partial charge is 0.0601 e. The third-order valence-corrected chi connectivity index (χ3v) is 4.81. The Morgan fingerprint density at radius 2 is 0.567 bits per heavy atom. The average Bonchev–Trinajstić information content (AvgIpc) is 2.67. The van der Waals surface area contributed by atoms with Crippen LogP contribution in [0.5, 0.6) is 0 Å². The van der Waals surface area contributed by atoms with Crippen molar-refractivity contribution < 1.29 is 0 Å². The van der Waals surface area contributed by atoms with Crippen molar-refractivity contribution in [2.45, 2.75) is 0 Å². The van der Waals surface area contributed by atoms with E-state index >= 15 is 0 Å². The number of benzene rings is 1. The molecular weight excluding hydrogens is 378 g/mol. The maximum absolute atomic E-state index is 6.19. The molecule has 0 saturated heterocycles. The topological polar surface area (TPSA) is 195 Å². The van der Waals surface area contributed by atoms with Crippen molar-refractivity contribution in [1.29, 1.82) is 0 Å². The van der Waals surface area contributed by atoms with E-state index in [2.05, 4.69) is 15.0 Å². The molecule has 0 aliphatic heterocycles. The van der Waals surface area contributed by atoms with Gasteiger partial charge in [-0.2, -0.15) is 0 Å². The highest BCUT2D eigenvalue weighted by atomic mass is 14.8. The molecule has 0 saturated carbocycles. The van der Waals surface area contributed by atoms with Crippen molar-refractivity contribution in [3.8, 4) is 33.4 Å². The minimum atomic E-state index is 0.435. The lowest BCUT2D eigenvalue weighted by Crippen LogP contribution is -2.02. The van der Waals surface area contributed by atoms with Crippen molar-refractivity contribution in [1.82, 2.24) is 15.0 Å². The van der Waals surface area contributed by atoms with E-state index in [0.29, 0.717) is 50.8 Å². The van der Waals surface area contributed by atoms with E-state index in [9.17, 15) is 0 Å². The molecule has 9 heteroatoms. The number of hydrogen-bond donors (Lipinski definition) is 6. The van der Waals surface area contributed by atoms with Crippen LogP contribution < -0.4 is 34.4 Å². The second kappa shape index (κ2) is 7.13. The van der Waals surface area contributed by atoms with Gasteiger partial charge >= 0.3 is 0 Å². The highest BCUT2D eigenvalue weighted by Gasteiger charge is 2.17. The third kappa shape index (κ3) is 3.14. The summed E-state index contributed by atoms with van der Waals surface area (Å²) in [6, 6.07) is 5.71. The lowest BCUT2D eigenvalue weighted by molar-refractivity contribution is 1.33. The molecule has 0 aliphatic rings. The summed E-state index contributed by atoms with van der Waals surface area (Å²) in [7, 11) is 0. The van der Waals surface area contributed by atoms with Gasteiger partial charge in [0, 0.05) is 16.7 Å². The molecule has 0 fully saturated rings. The second-order valence-electron chi connectivity index (χ2n) is 6.88. The van der Waals surface area contributed by atoms with Gasteiger partial charge in [-0.3, -0.25) is 15.0 Å². The summed E-state index contributed by atoms with van der Waals surface area (Å²) in [5.74, 6) is 0. The summed E-state index contributed by atoms with van der Waals surface area (Å²) < 4.78 is 0. The Balaban J connectivity index is 2.08. The highest BCUT2D eigenvalue weighted by Crippen LogP contribution is 2.42. The van der Waals surface area contributed by atoms with Crippen LogP contribution in [0.4, 0.5) is 34.1 Å². The summed E-state index contributed by atoms with van der Waals surface area (Å²) in [5.41, 5.74) is 43.9. The van der Waals surface area contributed by atoms with Crippen LogP contribution in [0.3, 0.4) is 0 Å². The zero-order valence-electron chi connectivity index (χ0n) is 16.0. The van der Waals surface area contributed by atoms with Crippen LogP contribution in [0.15, 0.2) is 55.4 Å². The normalized spacial score (nSPS) is 10.8. The number of pyridine rings is 3. The van der Waals surface area contributed by atoms with Crippen LogP contribution in [0.25, 0.3) is 33.4 Å². The third-order valence-electron chi connectivity index (χ3n) is 4.81. The molecule has 0 amide bonds. The minimum Gasteiger partial charge on any atom is -0.397 e. The molecule has 4 rings (SSSR count). The quantitative estimate of drug-likeness (QED) is 0.299. The van der Waals surface area contributed by atoms with Crippen LogP contribution in [0, 0.1) is 0 Å². The van der Waals surface area contributed by atoms with E-state index in [4.69, 9.17) is 34.4 Å². The molecule has 3 heterocycles. The van der Waals surface area contributed by atoms with Gasteiger partial charge in [0.2, 0.25) is 0 Å². The first-order chi connectivity index (χ1) is 14.4. The Bertz CT molecular complexity index is 1040. The first-order valence-electron chi connectivity index (χ1n) is 9.00. The SMILES string of the molecule is Nc1cncc(N)c1-c1cc(-c2c(N)cncc2N)cc(-c2c(N)cncc2N)c1. The number of rotatable bonds is 3. The van der Waals surface area contributed by atoms with Gasteiger partial charge in [-0.15, -0.1) is 0 Å². The molecule has 0 bridgehead atoms. The molecule has 1 aromatic carbocycles. The molecule has 0 unspecified atom stereocenters. The number of nitrogen functional groups attached to an aromatic ring is 6. The maximum Gasteiger partial charge on any atom is 0.0601 e. The van der Waals surface area contributed by atoms with Crippen molar-refractivity contribution in [2.24, 2.45) is 0 Å². The predicted octanol–water partition coefficient (Wildman–Crippen LogP) is 2.37. The van der Waals surface area contributed by atoms with Gasteiger partial charge in [-0.1, -0.05) is 0 Å². The Morgan fingerprint density at radius 3 is 0.767 bits per heavy atom. The molecule has 0 spiro atoms. The molecule has 3 aromatic heterocycles. The summed E-state index contributed by atoms with van der Waals surface area (Å²) in [4.78, 5) is 12.1. The maximum atomic E-state index is 6.19. The molecule has 150 valence electrons. The first kappa shape index (κ1) is 18.8. The average molecular weight is 399 g/mol. The molecule has 0 radical (unpaired) electrons. The Hall–Kier alpha value is -4.53. The Kier molecular flexibility index (Phi) is 4.47. The fourth-order valence-corrected chi connectivity index (χ4v) is 3.54. The molecule has 12 N–H and O–H groups in total. The van der Waals surface area contributed by atoms with Gasteiger partial charge in [0.25, 0.3) is 0 Å². The van der Waals surface area contributed by atoms with Gasteiger partial charge in [-0.05, 0) is 34.9 Å². The summed E-state index contributed by atoms with van der Waals surface area (Å²) in [5, 5.41) is 0. The standard InChI is InChI=1S/C21H21N9/c22-13-4-28-5-14(23)19(13)10-1-11(20-15(24)6-29-7-16(20)25)3-12(2-10)21-17(26)8-30-9-18(21)27/h1-9H,22-27H2. The van der Waals surface area contributed by atoms with Gasteiger partial charge in [-0.25, -0.2) is 0 Å². The van der Waals surface area contributed by atoms with E-state index in [1.54, 1.807) is 37.2 Å². The summed E-state index contributed by atoms with van der Waals surface area (Å²) in [6.07, 6.45) is 9.26. The molecule has 4 aromatic rings. The number of nitrogens with two attached hydrogens (primary N) is 6. The van der Waals surface area contributed by atoms with Crippen LogP contribution in [-0.4, -0.2) is 15.0 Å². The molecule has 0 aliphatic carbocycles. The zero-order chi connectivity index (χ0) is 21.4. The summed E-state index contributed by atoms with van der Waals surface area (Å²) >= 11 is 0. The first-order valence-corrected chi connectivity index (χ1v) is 9.00. The fraction of sp³-hybridized carbons (Fsp3) is 0.